The van der Waals surface area contributed by atoms with Crippen LogP contribution in [0.2, 0.25) is 0 Å². The number of methoxy groups -OCH3 is 1. The normalized spacial score (nSPS) is 15.3. The monoisotopic (exact) mass is 517 g/mol. The number of halogens is 4. The first kappa shape index (κ1) is 27.3. The van der Waals surface area contributed by atoms with Gasteiger partial charge in [-0.15, -0.1) is 0 Å². The first-order valence-corrected chi connectivity index (χ1v) is 10.4. The lowest BCUT2D eigenvalue weighted by Gasteiger charge is -2.28. The molecule has 6 N–H and O–H groups in total. The predicted octanol–water partition coefficient (Wildman–Crippen LogP) is 1.35. The molecule has 0 spiro atoms. The van der Waals surface area contributed by atoms with Crippen molar-refractivity contribution in [3.63, 3.8) is 0 Å². The topological polar surface area (TPSA) is 157 Å². The molecule has 1 aromatic heterocycles. The summed E-state index contributed by atoms with van der Waals surface area (Å²) in [5.74, 6) is -1.63. The summed E-state index contributed by atoms with van der Waals surface area (Å²) in [6, 6.07) is 5.37. The van der Waals surface area contributed by atoms with Crippen molar-refractivity contribution in [2.45, 2.75) is 30.6 Å². The summed E-state index contributed by atoms with van der Waals surface area (Å²) in [6.07, 6.45) is -10.7. The van der Waals surface area contributed by atoms with Gasteiger partial charge in [-0.25, -0.2) is 14.4 Å². The van der Waals surface area contributed by atoms with Crippen molar-refractivity contribution in [2.24, 2.45) is 0 Å². The summed E-state index contributed by atoms with van der Waals surface area (Å²) < 4.78 is 64.5. The van der Waals surface area contributed by atoms with Gasteiger partial charge in [-0.05, 0) is 18.2 Å². The van der Waals surface area contributed by atoms with Gasteiger partial charge in [0.1, 0.15) is 30.5 Å². The van der Waals surface area contributed by atoms with E-state index in [1.165, 1.54) is 19.2 Å². The molecule has 0 amide bonds. The molecule has 0 saturated heterocycles. The largest absolute Gasteiger partial charge is 0.493 e. The second-order valence-corrected chi connectivity index (χ2v) is 7.60. The van der Waals surface area contributed by atoms with Crippen molar-refractivity contribution in [2.75, 3.05) is 25.6 Å². The predicted molar refractivity (Wildman–Crippen MR) is 117 cm³/mol. The quantitative estimate of drug-likeness (QED) is 0.217. The van der Waals surface area contributed by atoms with Gasteiger partial charge in [-0.1, -0.05) is 6.07 Å². The smallest absolute Gasteiger partial charge is 0.419 e. The van der Waals surface area contributed by atoms with Crippen LogP contribution in [0.3, 0.4) is 0 Å². The molecular formula is C22H23F4N3O7. The Bertz CT molecular complexity index is 1200. The standard InChI is InChI=1S/C22H23F4N3O7/c1-35-15-5-10-13(6-16(15)36-17(8-31)20(34)19(33)14(32)7-30)27-9-28-21(10)29-12-4-2-3-11(18(12)23)22(24,25)26/h2-6,9,14,17,19-20,30-34H,7-8H2,1H3,(H,27,28,29)/t14-,17-,19+,20+/m1/s1. The van der Waals surface area contributed by atoms with E-state index in [4.69, 9.17) is 14.6 Å². The highest BCUT2D eigenvalue weighted by Gasteiger charge is 2.35. The maximum absolute atomic E-state index is 14.5. The Balaban J connectivity index is 1.98. The average Bonchev–Trinajstić information content (AvgIpc) is 2.85. The van der Waals surface area contributed by atoms with Gasteiger partial charge in [-0.3, -0.25) is 0 Å². The molecule has 1 heterocycles. The van der Waals surface area contributed by atoms with E-state index in [2.05, 4.69) is 15.3 Å². The third kappa shape index (κ3) is 5.74. The number of fused-ring (bicyclic) bond motifs is 1. The van der Waals surface area contributed by atoms with E-state index >= 15 is 0 Å². The third-order valence-corrected chi connectivity index (χ3v) is 5.25. The van der Waals surface area contributed by atoms with Crippen molar-refractivity contribution in [1.82, 2.24) is 9.97 Å². The first-order valence-electron chi connectivity index (χ1n) is 10.4. The number of nitrogens with zero attached hydrogens (tertiary/aromatic N) is 2. The van der Waals surface area contributed by atoms with Crippen molar-refractivity contribution in [3.05, 3.63) is 48.0 Å². The van der Waals surface area contributed by atoms with Gasteiger partial charge in [0, 0.05) is 11.5 Å². The van der Waals surface area contributed by atoms with Crippen LogP contribution in [0.25, 0.3) is 10.9 Å². The van der Waals surface area contributed by atoms with Crippen LogP contribution in [0.1, 0.15) is 5.56 Å². The first-order chi connectivity index (χ1) is 17.0. The van der Waals surface area contributed by atoms with E-state index in [9.17, 15) is 38.0 Å². The summed E-state index contributed by atoms with van der Waals surface area (Å²) in [7, 11) is 1.26. The van der Waals surface area contributed by atoms with Crippen molar-refractivity contribution < 1.29 is 52.6 Å². The Morgan fingerprint density at radius 2 is 1.72 bits per heavy atom. The molecule has 0 unspecified atom stereocenters. The summed E-state index contributed by atoms with van der Waals surface area (Å²) in [5, 5.41) is 51.0. The number of aliphatic hydroxyl groups excluding tert-OH is 5. The summed E-state index contributed by atoms with van der Waals surface area (Å²) in [5.41, 5.74) is -1.77. The highest BCUT2D eigenvalue weighted by atomic mass is 19.4. The van der Waals surface area contributed by atoms with Gasteiger partial charge in [0.15, 0.2) is 23.4 Å². The Kier molecular flexibility index (Phi) is 8.47. The van der Waals surface area contributed by atoms with E-state index in [1.807, 2.05) is 0 Å². The minimum absolute atomic E-state index is 0.00714. The molecule has 0 fully saturated rings. The summed E-state index contributed by atoms with van der Waals surface area (Å²) in [4.78, 5) is 8.01. The number of hydrogen-bond donors (Lipinski definition) is 6. The fourth-order valence-corrected chi connectivity index (χ4v) is 3.32. The minimum atomic E-state index is -4.90. The fourth-order valence-electron chi connectivity index (χ4n) is 3.32. The number of rotatable bonds is 10. The fraction of sp³-hybridized carbons (Fsp3) is 0.364. The van der Waals surface area contributed by atoms with E-state index in [0.29, 0.717) is 6.07 Å². The van der Waals surface area contributed by atoms with Crippen LogP contribution in [0.15, 0.2) is 36.7 Å². The lowest BCUT2D eigenvalue weighted by atomic mass is 10.0. The zero-order valence-corrected chi connectivity index (χ0v) is 18.6. The Labute approximate surface area is 201 Å². The number of nitrogens with one attached hydrogen (secondary N) is 1. The summed E-state index contributed by atoms with van der Waals surface area (Å²) >= 11 is 0. The Morgan fingerprint density at radius 1 is 1.00 bits per heavy atom. The van der Waals surface area contributed by atoms with Crippen LogP contribution in [-0.2, 0) is 6.18 Å². The molecule has 10 nitrogen and oxygen atoms in total. The van der Waals surface area contributed by atoms with Gasteiger partial charge in [-0.2, -0.15) is 13.2 Å². The van der Waals surface area contributed by atoms with Crippen LogP contribution in [0.5, 0.6) is 11.5 Å². The van der Waals surface area contributed by atoms with Gasteiger partial charge in [0.25, 0.3) is 0 Å². The number of anilines is 2. The Hall–Kier alpha value is -3.30. The molecule has 0 bridgehead atoms. The van der Waals surface area contributed by atoms with Crippen LogP contribution in [0, 0.1) is 5.82 Å². The number of ether oxygens (including phenoxy) is 2. The average molecular weight is 517 g/mol. The zero-order valence-electron chi connectivity index (χ0n) is 18.6. The SMILES string of the molecule is COc1cc2c(Nc3cccc(C(F)(F)F)c3F)ncnc2cc1O[C@H](CO)[C@H](O)[C@@H](O)[C@H](O)CO. The molecule has 2 aromatic carbocycles. The molecule has 0 aliphatic heterocycles. The van der Waals surface area contributed by atoms with Gasteiger partial charge in [0.05, 0.1) is 37.1 Å². The number of aliphatic hydroxyl groups is 5. The molecule has 196 valence electrons. The van der Waals surface area contributed by atoms with Crippen molar-refractivity contribution in [1.29, 1.82) is 0 Å². The van der Waals surface area contributed by atoms with E-state index in [-0.39, 0.29) is 28.2 Å². The van der Waals surface area contributed by atoms with Gasteiger partial charge < -0.3 is 40.3 Å². The number of alkyl halides is 3. The van der Waals surface area contributed by atoms with E-state index < -0.39 is 60.9 Å². The highest BCUT2D eigenvalue weighted by molar-refractivity contribution is 5.93. The second-order valence-electron chi connectivity index (χ2n) is 7.60. The number of hydrogen-bond acceptors (Lipinski definition) is 10. The molecule has 3 rings (SSSR count). The molecule has 0 radical (unpaired) electrons. The van der Waals surface area contributed by atoms with E-state index in [1.54, 1.807) is 0 Å². The molecule has 4 atom stereocenters. The minimum Gasteiger partial charge on any atom is -0.493 e. The van der Waals surface area contributed by atoms with Gasteiger partial charge in [0.2, 0.25) is 0 Å². The Morgan fingerprint density at radius 3 is 2.33 bits per heavy atom. The van der Waals surface area contributed by atoms with Gasteiger partial charge >= 0.3 is 6.18 Å². The zero-order chi connectivity index (χ0) is 26.6. The molecule has 36 heavy (non-hydrogen) atoms. The van der Waals surface area contributed by atoms with Crippen LogP contribution in [-0.4, -0.2) is 80.2 Å². The van der Waals surface area contributed by atoms with Crippen LogP contribution in [0.4, 0.5) is 29.1 Å². The second kappa shape index (κ2) is 11.2. The molecule has 3 aromatic rings. The maximum Gasteiger partial charge on any atom is 0.419 e. The lowest BCUT2D eigenvalue weighted by Crippen LogP contribution is -2.49. The van der Waals surface area contributed by atoms with Crippen LogP contribution >= 0.6 is 0 Å². The number of aromatic nitrogens is 2. The molecule has 0 aliphatic rings. The van der Waals surface area contributed by atoms with Crippen molar-refractivity contribution in [3.8, 4) is 11.5 Å². The molecule has 0 aliphatic carbocycles. The molecule has 14 heteroatoms. The number of benzene rings is 2. The van der Waals surface area contributed by atoms with Crippen molar-refractivity contribution >= 4 is 22.4 Å². The van der Waals surface area contributed by atoms with E-state index in [0.717, 1.165) is 18.5 Å². The molecular weight excluding hydrogens is 494 g/mol. The lowest BCUT2D eigenvalue weighted by molar-refractivity contribution is -0.139. The maximum atomic E-state index is 14.5. The summed E-state index contributed by atoms with van der Waals surface area (Å²) in [6.45, 7) is -1.65. The highest BCUT2D eigenvalue weighted by Crippen LogP contribution is 2.38. The molecule has 0 saturated carbocycles. The third-order valence-electron chi connectivity index (χ3n) is 5.25. The van der Waals surface area contributed by atoms with Crippen LogP contribution < -0.4 is 14.8 Å².